The second-order valence-corrected chi connectivity index (χ2v) is 4.94. The summed E-state index contributed by atoms with van der Waals surface area (Å²) in [5.74, 6) is 0.326. The Morgan fingerprint density at radius 2 is 2.11 bits per heavy atom. The first-order valence-corrected chi connectivity index (χ1v) is 6.57. The number of aryl methyl sites for hydroxylation is 1. The molecule has 0 radical (unpaired) electrons. The van der Waals surface area contributed by atoms with Crippen molar-refractivity contribution in [2.75, 3.05) is 7.11 Å². The standard InChI is InChI=1S/C14H14O4S/c1-9-3-4-11(12(7-9)17-2)18-8-10-5-6-19-13(10)14(15)16/h3-7H,8H2,1-2H3,(H,15,16). The number of hydrogen-bond donors (Lipinski definition) is 1. The third-order valence-electron chi connectivity index (χ3n) is 2.64. The average Bonchev–Trinajstić information content (AvgIpc) is 2.85. The molecule has 5 heteroatoms. The van der Waals surface area contributed by atoms with Gasteiger partial charge in [0.2, 0.25) is 0 Å². The highest BCUT2D eigenvalue weighted by Gasteiger charge is 2.13. The van der Waals surface area contributed by atoms with Gasteiger partial charge in [-0.25, -0.2) is 4.79 Å². The van der Waals surface area contributed by atoms with Crippen LogP contribution in [0.2, 0.25) is 0 Å². The molecule has 1 heterocycles. The van der Waals surface area contributed by atoms with Crippen LogP contribution in [0.3, 0.4) is 0 Å². The summed E-state index contributed by atoms with van der Waals surface area (Å²) in [6.45, 7) is 2.18. The second-order valence-electron chi connectivity index (χ2n) is 4.02. The van der Waals surface area contributed by atoms with E-state index in [1.807, 2.05) is 25.1 Å². The maximum Gasteiger partial charge on any atom is 0.346 e. The normalized spacial score (nSPS) is 10.2. The topological polar surface area (TPSA) is 55.8 Å². The van der Waals surface area contributed by atoms with Crippen molar-refractivity contribution in [1.82, 2.24) is 0 Å². The quantitative estimate of drug-likeness (QED) is 0.911. The summed E-state index contributed by atoms with van der Waals surface area (Å²) < 4.78 is 10.9. The molecule has 0 aliphatic rings. The summed E-state index contributed by atoms with van der Waals surface area (Å²) in [6.07, 6.45) is 0. The minimum absolute atomic E-state index is 0.213. The van der Waals surface area contributed by atoms with E-state index in [9.17, 15) is 4.79 Å². The zero-order valence-corrected chi connectivity index (χ0v) is 11.5. The van der Waals surface area contributed by atoms with Crippen LogP contribution in [0.4, 0.5) is 0 Å². The molecule has 1 N–H and O–H groups in total. The molecule has 0 atom stereocenters. The highest BCUT2D eigenvalue weighted by Crippen LogP contribution is 2.29. The van der Waals surface area contributed by atoms with Gasteiger partial charge in [0.25, 0.3) is 0 Å². The van der Waals surface area contributed by atoms with E-state index in [1.165, 1.54) is 11.3 Å². The number of thiophene rings is 1. The number of carboxylic acids is 1. The Morgan fingerprint density at radius 1 is 1.32 bits per heavy atom. The van der Waals surface area contributed by atoms with Crippen molar-refractivity contribution in [2.45, 2.75) is 13.5 Å². The van der Waals surface area contributed by atoms with Gasteiger partial charge in [-0.2, -0.15) is 0 Å². The molecule has 0 amide bonds. The summed E-state index contributed by atoms with van der Waals surface area (Å²) in [4.78, 5) is 11.3. The van der Waals surface area contributed by atoms with Gasteiger partial charge in [-0.1, -0.05) is 6.07 Å². The van der Waals surface area contributed by atoms with Gasteiger partial charge in [0.15, 0.2) is 11.5 Å². The minimum atomic E-state index is -0.926. The molecule has 1 aromatic carbocycles. The van der Waals surface area contributed by atoms with Gasteiger partial charge in [-0.05, 0) is 36.1 Å². The van der Waals surface area contributed by atoms with Gasteiger partial charge in [0.1, 0.15) is 11.5 Å². The number of aromatic carboxylic acids is 1. The monoisotopic (exact) mass is 278 g/mol. The van der Waals surface area contributed by atoms with E-state index in [2.05, 4.69) is 0 Å². The van der Waals surface area contributed by atoms with E-state index in [4.69, 9.17) is 14.6 Å². The largest absolute Gasteiger partial charge is 0.493 e. The Hall–Kier alpha value is -2.01. The lowest BCUT2D eigenvalue weighted by Crippen LogP contribution is -2.02. The van der Waals surface area contributed by atoms with Crippen LogP contribution in [0, 0.1) is 6.92 Å². The number of methoxy groups -OCH3 is 1. The lowest BCUT2D eigenvalue weighted by molar-refractivity contribution is 0.0699. The van der Waals surface area contributed by atoms with Crippen LogP contribution < -0.4 is 9.47 Å². The summed E-state index contributed by atoms with van der Waals surface area (Å²) >= 11 is 1.19. The van der Waals surface area contributed by atoms with Crippen LogP contribution in [0.15, 0.2) is 29.6 Å². The maximum atomic E-state index is 11.0. The smallest absolute Gasteiger partial charge is 0.346 e. The lowest BCUT2D eigenvalue weighted by Gasteiger charge is -2.11. The van der Waals surface area contributed by atoms with E-state index in [0.29, 0.717) is 21.9 Å². The highest BCUT2D eigenvalue weighted by atomic mass is 32.1. The zero-order chi connectivity index (χ0) is 13.8. The molecule has 100 valence electrons. The van der Waals surface area contributed by atoms with Gasteiger partial charge >= 0.3 is 5.97 Å². The second kappa shape index (κ2) is 5.75. The third kappa shape index (κ3) is 3.06. The molecule has 4 nitrogen and oxygen atoms in total. The molecule has 0 unspecified atom stereocenters. The lowest BCUT2D eigenvalue weighted by atomic mass is 10.2. The number of carboxylic acid groups (broad SMARTS) is 1. The van der Waals surface area contributed by atoms with Gasteiger partial charge in [-0.3, -0.25) is 0 Å². The maximum absolute atomic E-state index is 11.0. The Bertz CT molecular complexity index is 589. The van der Waals surface area contributed by atoms with E-state index in [-0.39, 0.29) is 6.61 Å². The van der Waals surface area contributed by atoms with Crippen molar-refractivity contribution in [1.29, 1.82) is 0 Å². The molecule has 19 heavy (non-hydrogen) atoms. The number of benzene rings is 1. The van der Waals surface area contributed by atoms with Gasteiger partial charge in [-0.15, -0.1) is 11.3 Å². The van der Waals surface area contributed by atoms with E-state index < -0.39 is 5.97 Å². The van der Waals surface area contributed by atoms with Gasteiger partial charge < -0.3 is 14.6 Å². The molecule has 0 fully saturated rings. The molecule has 0 spiro atoms. The first kappa shape index (κ1) is 13.4. The summed E-state index contributed by atoms with van der Waals surface area (Å²) in [5.41, 5.74) is 1.74. The van der Waals surface area contributed by atoms with Crippen molar-refractivity contribution in [3.63, 3.8) is 0 Å². The van der Waals surface area contributed by atoms with Crippen molar-refractivity contribution >= 4 is 17.3 Å². The molecular weight excluding hydrogens is 264 g/mol. The fraction of sp³-hybridized carbons (Fsp3) is 0.214. The predicted octanol–water partition coefficient (Wildman–Crippen LogP) is 3.34. The molecule has 0 saturated carbocycles. The Kier molecular flexibility index (Phi) is 4.06. The molecule has 0 bridgehead atoms. The fourth-order valence-electron chi connectivity index (χ4n) is 1.69. The molecule has 2 aromatic rings. The summed E-state index contributed by atoms with van der Waals surface area (Å²) in [7, 11) is 1.58. The first-order chi connectivity index (χ1) is 9.11. The van der Waals surface area contributed by atoms with Crippen molar-refractivity contribution in [3.8, 4) is 11.5 Å². The third-order valence-corrected chi connectivity index (χ3v) is 3.59. The van der Waals surface area contributed by atoms with Crippen LogP contribution >= 0.6 is 11.3 Å². The van der Waals surface area contributed by atoms with Crippen molar-refractivity contribution in [2.24, 2.45) is 0 Å². The molecule has 0 saturated heterocycles. The predicted molar refractivity (Wildman–Crippen MR) is 73.3 cm³/mol. The molecule has 2 rings (SSSR count). The summed E-state index contributed by atoms with van der Waals surface area (Å²) in [5, 5.41) is 10.8. The Balaban J connectivity index is 2.14. The molecular formula is C14H14O4S. The Morgan fingerprint density at radius 3 is 2.79 bits per heavy atom. The van der Waals surface area contributed by atoms with Crippen LogP contribution in [0.5, 0.6) is 11.5 Å². The molecule has 1 aromatic heterocycles. The van der Waals surface area contributed by atoms with E-state index in [1.54, 1.807) is 18.6 Å². The number of carbonyl (C=O) groups is 1. The van der Waals surface area contributed by atoms with Crippen LogP contribution in [0.25, 0.3) is 0 Å². The molecule has 0 aliphatic heterocycles. The minimum Gasteiger partial charge on any atom is -0.493 e. The van der Waals surface area contributed by atoms with Crippen LogP contribution in [0.1, 0.15) is 20.8 Å². The van der Waals surface area contributed by atoms with Crippen molar-refractivity contribution in [3.05, 3.63) is 45.6 Å². The number of hydrogen-bond acceptors (Lipinski definition) is 4. The van der Waals surface area contributed by atoms with E-state index in [0.717, 1.165) is 5.56 Å². The first-order valence-electron chi connectivity index (χ1n) is 5.69. The Labute approximate surface area is 115 Å². The van der Waals surface area contributed by atoms with Gasteiger partial charge in [0, 0.05) is 5.56 Å². The SMILES string of the molecule is COc1cc(C)ccc1OCc1ccsc1C(=O)O. The van der Waals surface area contributed by atoms with Crippen molar-refractivity contribution < 1.29 is 19.4 Å². The number of ether oxygens (including phenoxy) is 2. The summed E-state index contributed by atoms with van der Waals surface area (Å²) in [6, 6.07) is 7.38. The number of rotatable bonds is 5. The zero-order valence-electron chi connectivity index (χ0n) is 10.7. The van der Waals surface area contributed by atoms with Gasteiger partial charge in [0.05, 0.1) is 7.11 Å². The average molecular weight is 278 g/mol. The highest BCUT2D eigenvalue weighted by molar-refractivity contribution is 7.12. The van der Waals surface area contributed by atoms with E-state index >= 15 is 0 Å². The fourth-order valence-corrected chi connectivity index (χ4v) is 2.43. The van der Waals surface area contributed by atoms with Crippen LogP contribution in [-0.2, 0) is 6.61 Å². The molecule has 0 aliphatic carbocycles. The van der Waals surface area contributed by atoms with Crippen LogP contribution in [-0.4, -0.2) is 18.2 Å².